The first-order chi connectivity index (χ1) is 9.19. The average Bonchev–Trinajstić information content (AvgIpc) is 2.99. The molecule has 0 fully saturated rings. The van der Waals surface area contributed by atoms with E-state index in [1.807, 2.05) is 30.1 Å². The third-order valence-corrected chi connectivity index (χ3v) is 3.60. The normalized spacial score (nSPS) is 11.6. The van der Waals surface area contributed by atoms with E-state index in [9.17, 15) is 0 Å². The maximum absolute atomic E-state index is 4.40. The van der Waals surface area contributed by atoms with Crippen molar-refractivity contribution in [3.05, 3.63) is 34.3 Å². The molecule has 0 spiro atoms. The fourth-order valence-electron chi connectivity index (χ4n) is 1.59. The highest BCUT2D eigenvalue weighted by molar-refractivity contribution is 7.09. The predicted octanol–water partition coefficient (Wildman–Crippen LogP) is 1.05. The summed E-state index contributed by atoms with van der Waals surface area (Å²) in [5, 5.41) is 9.55. The molecule has 2 aromatic rings. The van der Waals surface area contributed by atoms with Crippen molar-refractivity contribution < 1.29 is 0 Å². The lowest BCUT2D eigenvalue weighted by Gasteiger charge is -2.10. The van der Waals surface area contributed by atoms with Crippen molar-refractivity contribution in [3.63, 3.8) is 0 Å². The number of aliphatic imine (C=N–C) groups is 1. The maximum atomic E-state index is 4.40. The van der Waals surface area contributed by atoms with E-state index in [1.165, 1.54) is 0 Å². The molecule has 0 aliphatic carbocycles. The second-order valence-electron chi connectivity index (χ2n) is 4.12. The van der Waals surface area contributed by atoms with Gasteiger partial charge >= 0.3 is 0 Å². The van der Waals surface area contributed by atoms with E-state index in [0.717, 1.165) is 22.5 Å². The minimum Gasteiger partial charge on any atom is -0.350 e. The number of imidazole rings is 1. The van der Waals surface area contributed by atoms with Gasteiger partial charge in [0.2, 0.25) is 0 Å². The van der Waals surface area contributed by atoms with Gasteiger partial charge in [-0.25, -0.2) is 9.97 Å². The summed E-state index contributed by atoms with van der Waals surface area (Å²) in [7, 11) is 3.72. The van der Waals surface area contributed by atoms with Gasteiger partial charge in [-0.05, 0) is 6.92 Å². The van der Waals surface area contributed by atoms with Crippen LogP contribution >= 0.6 is 11.3 Å². The van der Waals surface area contributed by atoms with E-state index in [2.05, 4.69) is 25.6 Å². The Kier molecular flexibility index (Phi) is 4.51. The van der Waals surface area contributed by atoms with E-state index >= 15 is 0 Å². The Balaban J connectivity index is 1.82. The Morgan fingerprint density at radius 1 is 1.42 bits per heavy atom. The molecule has 0 bridgehead atoms. The second-order valence-corrected chi connectivity index (χ2v) is 5.06. The Hall–Kier alpha value is -1.89. The molecule has 2 N–H and O–H groups in total. The van der Waals surface area contributed by atoms with Crippen LogP contribution < -0.4 is 10.6 Å². The van der Waals surface area contributed by atoms with E-state index < -0.39 is 0 Å². The molecule has 2 rings (SSSR count). The van der Waals surface area contributed by atoms with Gasteiger partial charge in [-0.15, -0.1) is 11.3 Å². The van der Waals surface area contributed by atoms with Crippen molar-refractivity contribution in [1.29, 1.82) is 0 Å². The maximum Gasteiger partial charge on any atom is 0.191 e. The van der Waals surface area contributed by atoms with Crippen LogP contribution in [0.25, 0.3) is 0 Å². The summed E-state index contributed by atoms with van der Waals surface area (Å²) < 4.78 is 1.98. The molecule has 2 heterocycles. The monoisotopic (exact) mass is 278 g/mol. The fourth-order valence-corrected chi connectivity index (χ4v) is 2.30. The number of nitrogens with one attached hydrogen (secondary N) is 2. The summed E-state index contributed by atoms with van der Waals surface area (Å²) in [6.07, 6.45) is 3.71. The topological polar surface area (TPSA) is 67.1 Å². The van der Waals surface area contributed by atoms with Crippen LogP contribution in [0.4, 0.5) is 0 Å². The smallest absolute Gasteiger partial charge is 0.191 e. The largest absolute Gasteiger partial charge is 0.350 e. The summed E-state index contributed by atoms with van der Waals surface area (Å²) in [5.74, 6) is 1.71. The molecule has 0 unspecified atom stereocenters. The number of hydrogen-bond donors (Lipinski definition) is 2. The Morgan fingerprint density at radius 3 is 2.79 bits per heavy atom. The Morgan fingerprint density at radius 2 is 2.21 bits per heavy atom. The lowest BCUT2D eigenvalue weighted by Crippen LogP contribution is -2.36. The first-order valence-electron chi connectivity index (χ1n) is 6.00. The molecular formula is C12H18N6S. The molecule has 0 amide bonds. The first-order valence-corrected chi connectivity index (χ1v) is 6.88. The van der Waals surface area contributed by atoms with Crippen molar-refractivity contribution in [3.8, 4) is 0 Å². The van der Waals surface area contributed by atoms with Crippen molar-refractivity contribution in [2.75, 3.05) is 7.05 Å². The Labute approximate surface area is 116 Å². The third-order valence-electron chi connectivity index (χ3n) is 2.63. The zero-order valence-corrected chi connectivity index (χ0v) is 12.2. The molecule has 102 valence electrons. The first kappa shape index (κ1) is 13.5. The van der Waals surface area contributed by atoms with E-state index in [-0.39, 0.29) is 0 Å². The van der Waals surface area contributed by atoms with E-state index in [1.54, 1.807) is 24.6 Å². The van der Waals surface area contributed by atoms with Gasteiger partial charge in [-0.2, -0.15) is 0 Å². The standard InChI is InChI=1S/C12H18N6S/c1-9-8-19-11(17-9)7-16-12(13-2)15-6-10-14-4-5-18(10)3/h4-5,8H,6-7H2,1-3H3,(H2,13,15,16). The predicted molar refractivity (Wildman–Crippen MR) is 77.1 cm³/mol. The molecule has 19 heavy (non-hydrogen) atoms. The quantitative estimate of drug-likeness (QED) is 0.648. The SMILES string of the molecule is CN=C(NCc1nc(C)cs1)NCc1nccn1C. The fraction of sp³-hybridized carbons (Fsp3) is 0.417. The Bertz CT molecular complexity index is 556. The molecule has 0 aromatic carbocycles. The van der Waals surface area contributed by atoms with Crippen LogP contribution in [0.2, 0.25) is 0 Å². The minimum atomic E-state index is 0.639. The lowest BCUT2D eigenvalue weighted by atomic mass is 10.5. The number of rotatable bonds is 4. The zero-order chi connectivity index (χ0) is 13.7. The summed E-state index contributed by atoms with van der Waals surface area (Å²) in [4.78, 5) is 12.8. The van der Waals surface area contributed by atoms with Gasteiger partial charge in [0.15, 0.2) is 5.96 Å². The lowest BCUT2D eigenvalue weighted by molar-refractivity contribution is 0.726. The van der Waals surface area contributed by atoms with Crippen molar-refractivity contribution in [1.82, 2.24) is 25.2 Å². The van der Waals surface area contributed by atoms with Gasteiger partial charge in [-0.3, -0.25) is 4.99 Å². The van der Waals surface area contributed by atoms with Gasteiger partial charge in [0.1, 0.15) is 10.8 Å². The second kappa shape index (κ2) is 6.33. The van der Waals surface area contributed by atoms with Crippen molar-refractivity contribution in [2.45, 2.75) is 20.0 Å². The van der Waals surface area contributed by atoms with Crippen LogP contribution in [0, 0.1) is 6.92 Å². The highest BCUT2D eigenvalue weighted by atomic mass is 32.1. The molecule has 0 aliphatic heterocycles. The molecule has 0 radical (unpaired) electrons. The zero-order valence-electron chi connectivity index (χ0n) is 11.3. The number of thiazole rings is 1. The molecule has 0 aliphatic rings. The molecule has 0 saturated heterocycles. The van der Waals surface area contributed by atoms with Crippen LogP contribution in [-0.4, -0.2) is 27.5 Å². The van der Waals surface area contributed by atoms with Gasteiger partial charge < -0.3 is 15.2 Å². The van der Waals surface area contributed by atoms with Gasteiger partial charge in [0.05, 0.1) is 13.1 Å². The summed E-state index contributed by atoms with van der Waals surface area (Å²) in [5.41, 5.74) is 1.05. The number of hydrogen-bond acceptors (Lipinski definition) is 4. The minimum absolute atomic E-state index is 0.639. The van der Waals surface area contributed by atoms with Crippen molar-refractivity contribution in [2.24, 2.45) is 12.0 Å². The molecule has 0 atom stereocenters. The molecule has 0 saturated carbocycles. The summed E-state index contributed by atoms with van der Waals surface area (Å²) in [6.45, 7) is 3.31. The van der Waals surface area contributed by atoms with Gasteiger partial charge in [-0.1, -0.05) is 0 Å². The molecule has 7 heteroatoms. The van der Waals surface area contributed by atoms with Crippen LogP contribution in [0.1, 0.15) is 16.5 Å². The molecular weight excluding hydrogens is 260 g/mol. The van der Waals surface area contributed by atoms with Crippen LogP contribution in [0.3, 0.4) is 0 Å². The summed E-state index contributed by atoms with van der Waals surface area (Å²) >= 11 is 1.65. The van der Waals surface area contributed by atoms with Crippen LogP contribution in [0.15, 0.2) is 22.8 Å². The van der Waals surface area contributed by atoms with Crippen LogP contribution in [-0.2, 0) is 20.1 Å². The number of nitrogens with zero attached hydrogens (tertiary/aromatic N) is 4. The van der Waals surface area contributed by atoms with Gasteiger partial charge in [0, 0.05) is 37.6 Å². The highest BCUT2D eigenvalue weighted by Crippen LogP contribution is 2.07. The molecule has 6 nitrogen and oxygen atoms in total. The van der Waals surface area contributed by atoms with Crippen molar-refractivity contribution >= 4 is 17.3 Å². The number of aromatic nitrogens is 3. The van der Waals surface area contributed by atoms with E-state index in [0.29, 0.717) is 13.1 Å². The van der Waals surface area contributed by atoms with E-state index in [4.69, 9.17) is 0 Å². The molecule has 2 aromatic heterocycles. The average molecular weight is 278 g/mol. The number of guanidine groups is 1. The highest BCUT2D eigenvalue weighted by Gasteiger charge is 2.03. The summed E-state index contributed by atoms with van der Waals surface area (Å²) in [6, 6.07) is 0. The third kappa shape index (κ3) is 3.78. The number of aryl methyl sites for hydroxylation is 2. The van der Waals surface area contributed by atoms with Crippen LogP contribution in [0.5, 0.6) is 0 Å². The van der Waals surface area contributed by atoms with Gasteiger partial charge in [0.25, 0.3) is 0 Å².